The van der Waals surface area contributed by atoms with E-state index in [2.05, 4.69) is 54.3 Å². The molecule has 0 aromatic heterocycles. The second-order valence-corrected chi connectivity index (χ2v) is 13.7. The first-order valence-corrected chi connectivity index (χ1v) is 16.1. The van der Waals surface area contributed by atoms with Gasteiger partial charge in [-0.15, -0.1) is 0 Å². The summed E-state index contributed by atoms with van der Waals surface area (Å²) in [5, 5.41) is 10.3. The number of nitrogens with zero attached hydrogens (tertiary/aromatic N) is 2. The van der Waals surface area contributed by atoms with Crippen LogP contribution in [0.1, 0.15) is 35.1 Å². The second-order valence-electron chi connectivity index (χ2n) is 13.7. The molecule has 2 spiro atoms. The predicted octanol–water partition coefficient (Wildman–Crippen LogP) is 4.55. The van der Waals surface area contributed by atoms with Crippen molar-refractivity contribution in [1.82, 2.24) is 9.80 Å². The van der Waals surface area contributed by atoms with E-state index >= 15 is 0 Å². The molecule has 45 heavy (non-hydrogen) atoms. The Hall–Kier alpha value is -3.88. The topological polar surface area (TPSA) is 72.9 Å². The second kappa shape index (κ2) is 9.33. The molecule has 0 amide bonds. The van der Waals surface area contributed by atoms with Crippen LogP contribution in [0.5, 0.6) is 23.0 Å². The van der Waals surface area contributed by atoms with Crippen molar-refractivity contribution in [3.05, 3.63) is 93.5 Å². The van der Waals surface area contributed by atoms with Crippen LogP contribution in [0.3, 0.4) is 0 Å². The molecule has 8 aliphatic rings. The number of likely N-dealkylation sites (tertiary alicyclic amines) is 2. The average molecular weight is 609 g/mol. The third-order valence-electron chi connectivity index (χ3n) is 12.1. The van der Waals surface area contributed by atoms with Gasteiger partial charge in [-0.3, -0.25) is 9.80 Å². The van der Waals surface area contributed by atoms with Crippen LogP contribution >= 0.6 is 0 Å². The Morgan fingerprint density at radius 1 is 0.689 bits per heavy atom. The molecule has 4 heterocycles. The Morgan fingerprint density at radius 3 is 1.73 bits per heavy atom. The van der Waals surface area contributed by atoms with Gasteiger partial charge in [-0.05, 0) is 99.4 Å². The lowest BCUT2D eigenvalue weighted by Gasteiger charge is -2.52. The minimum absolute atomic E-state index is 0.0611. The molecule has 4 aliphatic heterocycles. The van der Waals surface area contributed by atoms with E-state index in [1.165, 1.54) is 33.4 Å². The van der Waals surface area contributed by atoms with Crippen LogP contribution in [0, 0.1) is 0 Å². The summed E-state index contributed by atoms with van der Waals surface area (Å²) in [6.07, 6.45) is 12.5. The normalized spacial score (nSPS) is 33.9. The Labute approximate surface area is 264 Å². The van der Waals surface area contributed by atoms with Crippen LogP contribution in [-0.2, 0) is 33.1 Å². The Balaban J connectivity index is 0.000000125. The fourth-order valence-electron chi connectivity index (χ4n) is 10.0. The van der Waals surface area contributed by atoms with Crippen LogP contribution in [-0.4, -0.2) is 87.7 Å². The standard InChI is InChI=1S/C19H21NO3.C18H19NO3/c1-20-9-8-19-12-5-7-15(22-3)18(19)23-17-14(21-2)6-4-11(16(17)19)10-13(12)20;1-19-8-7-18-11-4-6-14(21-2)17(18)22-16-13(20)5-3-10(15(16)18)9-12(11)19/h4-7,13,18H,8-10H2,1-3H3;3-6,12,17,20H,7-9H2,1-2H3/t13-,18+,19+;12-,17+,18+/m11/s1. The van der Waals surface area contributed by atoms with Crippen molar-refractivity contribution >= 4 is 0 Å². The Bertz CT molecular complexity index is 1770. The monoisotopic (exact) mass is 608 g/mol. The van der Waals surface area contributed by atoms with Gasteiger partial charge in [-0.2, -0.15) is 0 Å². The molecule has 0 unspecified atom stereocenters. The van der Waals surface area contributed by atoms with Crippen molar-refractivity contribution in [2.75, 3.05) is 48.5 Å². The van der Waals surface area contributed by atoms with E-state index in [0.717, 1.165) is 61.8 Å². The lowest BCUT2D eigenvalue weighted by Crippen LogP contribution is -2.58. The number of phenolic OH excluding ortho intramolecular Hbond substituents is 1. The molecule has 1 N–H and O–H groups in total. The minimum atomic E-state index is -0.154. The zero-order chi connectivity index (χ0) is 30.8. The van der Waals surface area contributed by atoms with E-state index in [0.29, 0.717) is 17.8 Å². The van der Waals surface area contributed by atoms with Gasteiger partial charge in [-0.25, -0.2) is 0 Å². The fraction of sp³-hybridized carbons (Fsp3) is 0.459. The van der Waals surface area contributed by atoms with Crippen LogP contribution in [0.15, 0.2) is 71.2 Å². The summed E-state index contributed by atoms with van der Waals surface area (Å²) < 4.78 is 29.6. The summed E-state index contributed by atoms with van der Waals surface area (Å²) in [6, 6.07) is 8.97. The number of piperidine rings is 2. The summed E-state index contributed by atoms with van der Waals surface area (Å²) in [4.78, 5) is 4.92. The van der Waals surface area contributed by atoms with Gasteiger partial charge in [0.2, 0.25) is 0 Å². The van der Waals surface area contributed by atoms with Crippen molar-refractivity contribution in [3.63, 3.8) is 0 Å². The Kier molecular flexibility index (Phi) is 5.69. The Morgan fingerprint density at radius 2 is 1.20 bits per heavy atom. The van der Waals surface area contributed by atoms with Crippen molar-refractivity contribution in [2.24, 2.45) is 0 Å². The van der Waals surface area contributed by atoms with Gasteiger partial charge in [0, 0.05) is 23.2 Å². The van der Waals surface area contributed by atoms with Gasteiger partial charge < -0.3 is 28.8 Å². The first kappa shape index (κ1) is 27.4. The van der Waals surface area contributed by atoms with Gasteiger partial charge in [0.1, 0.15) is 11.5 Å². The number of aromatic hydroxyl groups is 1. The highest BCUT2D eigenvalue weighted by molar-refractivity contribution is 5.69. The molecular formula is C37H40N2O6. The molecule has 4 bridgehead atoms. The maximum absolute atomic E-state index is 10.3. The molecule has 0 radical (unpaired) electrons. The van der Waals surface area contributed by atoms with E-state index in [-0.39, 0.29) is 28.8 Å². The zero-order valence-corrected chi connectivity index (χ0v) is 26.6. The molecule has 8 nitrogen and oxygen atoms in total. The molecule has 2 saturated heterocycles. The summed E-state index contributed by atoms with van der Waals surface area (Å²) >= 11 is 0. The smallest absolute Gasteiger partial charge is 0.169 e. The van der Waals surface area contributed by atoms with Crippen molar-refractivity contribution < 1.29 is 28.8 Å². The highest BCUT2D eigenvalue weighted by Crippen LogP contribution is 2.64. The predicted molar refractivity (Wildman–Crippen MR) is 169 cm³/mol. The number of likely N-dealkylation sites (N-methyl/N-ethyl adjacent to an activating group) is 2. The quantitative estimate of drug-likeness (QED) is 0.545. The van der Waals surface area contributed by atoms with E-state index in [4.69, 9.17) is 23.7 Å². The number of ether oxygens (including phenoxy) is 5. The van der Waals surface area contributed by atoms with Gasteiger partial charge in [0.25, 0.3) is 0 Å². The summed E-state index contributed by atoms with van der Waals surface area (Å²) in [5.41, 5.74) is 7.93. The maximum Gasteiger partial charge on any atom is 0.169 e. The van der Waals surface area contributed by atoms with Gasteiger partial charge >= 0.3 is 0 Å². The zero-order valence-electron chi connectivity index (χ0n) is 26.6. The summed E-state index contributed by atoms with van der Waals surface area (Å²) in [7, 11) is 9.58. The SMILES string of the molecule is COC1=CC=C2[C@H]3Cc4ccc(O)c5c4[C@@]2(CCN3C)[C@H]1O5.COC1=CC=C2[C@H]3Cc4ccc(OC)c5c4[C@@]2(CCN3C)[C@H]1O5. The molecule has 234 valence electrons. The maximum atomic E-state index is 10.3. The number of hydrogen-bond acceptors (Lipinski definition) is 8. The molecule has 8 heteroatoms. The molecule has 6 atom stereocenters. The number of allylic oxidation sites excluding steroid dienone is 4. The third-order valence-corrected chi connectivity index (χ3v) is 12.1. The highest BCUT2D eigenvalue weighted by atomic mass is 16.6. The van der Waals surface area contributed by atoms with E-state index in [9.17, 15) is 5.11 Å². The number of benzene rings is 2. The highest BCUT2D eigenvalue weighted by Gasteiger charge is 2.63. The molecular weight excluding hydrogens is 568 g/mol. The minimum Gasteiger partial charge on any atom is -0.504 e. The average Bonchev–Trinajstić information content (AvgIpc) is 3.60. The molecule has 2 aromatic carbocycles. The number of methoxy groups -OCH3 is 3. The van der Waals surface area contributed by atoms with Crippen LogP contribution < -0.4 is 14.2 Å². The van der Waals surface area contributed by atoms with Crippen LogP contribution in [0.4, 0.5) is 0 Å². The van der Waals surface area contributed by atoms with E-state index in [1.54, 1.807) is 27.4 Å². The summed E-state index contributed by atoms with van der Waals surface area (Å²) in [5.74, 6) is 4.45. The molecule has 2 aromatic rings. The largest absolute Gasteiger partial charge is 0.504 e. The number of hydrogen-bond donors (Lipinski definition) is 1. The fourth-order valence-corrected chi connectivity index (χ4v) is 10.0. The third kappa shape index (κ3) is 3.24. The lowest BCUT2D eigenvalue weighted by atomic mass is 9.57. The van der Waals surface area contributed by atoms with Gasteiger partial charge in [0.15, 0.2) is 35.2 Å². The van der Waals surface area contributed by atoms with E-state index < -0.39 is 0 Å². The number of phenols is 1. The first-order chi connectivity index (χ1) is 21.9. The number of rotatable bonds is 3. The van der Waals surface area contributed by atoms with Gasteiger partial charge in [0.05, 0.1) is 32.2 Å². The molecule has 4 aliphatic carbocycles. The van der Waals surface area contributed by atoms with E-state index in [1.807, 2.05) is 12.1 Å². The van der Waals surface area contributed by atoms with Crippen molar-refractivity contribution in [2.45, 2.75) is 60.8 Å². The molecule has 0 saturated carbocycles. The van der Waals surface area contributed by atoms with Crippen molar-refractivity contribution in [1.29, 1.82) is 0 Å². The van der Waals surface area contributed by atoms with Crippen LogP contribution in [0.25, 0.3) is 0 Å². The molecule has 10 rings (SSSR count). The lowest BCUT2D eigenvalue weighted by molar-refractivity contribution is 0.0734. The van der Waals surface area contributed by atoms with Crippen LogP contribution in [0.2, 0.25) is 0 Å². The van der Waals surface area contributed by atoms with Gasteiger partial charge in [-0.1, -0.05) is 24.3 Å². The summed E-state index contributed by atoms with van der Waals surface area (Å²) in [6.45, 7) is 2.11. The van der Waals surface area contributed by atoms with Crippen molar-refractivity contribution in [3.8, 4) is 23.0 Å². The molecule has 2 fully saturated rings. The first-order valence-electron chi connectivity index (χ1n) is 16.1.